The summed E-state index contributed by atoms with van der Waals surface area (Å²) in [4.78, 5) is 11.2. The van der Waals surface area contributed by atoms with Crippen LogP contribution in [0.1, 0.15) is 28.3 Å². The number of aromatic nitrogens is 5. The lowest BCUT2D eigenvalue weighted by Crippen LogP contribution is -2.19. The van der Waals surface area contributed by atoms with Crippen molar-refractivity contribution in [1.29, 1.82) is 0 Å². The van der Waals surface area contributed by atoms with Crippen LogP contribution in [0, 0.1) is 19.7 Å². The van der Waals surface area contributed by atoms with Gasteiger partial charge in [0, 0.05) is 12.1 Å². The normalized spacial score (nSPS) is 13.5. The van der Waals surface area contributed by atoms with Gasteiger partial charge in [-0.15, -0.1) is 0 Å². The molecule has 8 heteroatoms. The fraction of sp³-hybridized carbons (Fsp3) is 0.263. The Kier molecular flexibility index (Phi) is 3.46. The van der Waals surface area contributed by atoms with Crippen LogP contribution in [0.25, 0.3) is 11.1 Å². The van der Waals surface area contributed by atoms with Crippen LogP contribution in [0.3, 0.4) is 0 Å². The van der Waals surface area contributed by atoms with Gasteiger partial charge in [0.05, 0.1) is 30.7 Å². The van der Waals surface area contributed by atoms with E-state index in [4.69, 9.17) is 4.52 Å². The Morgan fingerprint density at radius 2 is 1.93 bits per heavy atom. The highest BCUT2D eigenvalue weighted by Crippen LogP contribution is 2.33. The highest BCUT2D eigenvalue weighted by atomic mass is 19.1. The first-order chi connectivity index (χ1) is 13.1. The van der Waals surface area contributed by atoms with Crippen LogP contribution < -0.4 is 4.90 Å². The number of anilines is 1. The van der Waals surface area contributed by atoms with Crippen LogP contribution >= 0.6 is 0 Å². The van der Waals surface area contributed by atoms with E-state index >= 15 is 0 Å². The molecule has 0 aliphatic carbocycles. The second-order valence-electron chi connectivity index (χ2n) is 6.80. The number of aryl methyl sites for hydroxylation is 2. The van der Waals surface area contributed by atoms with Gasteiger partial charge in [-0.1, -0.05) is 17.3 Å². The monoisotopic (exact) mass is 364 g/mol. The molecule has 1 aliphatic heterocycles. The summed E-state index contributed by atoms with van der Waals surface area (Å²) < 4.78 is 20.4. The third-order valence-corrected chi connectivity index (χ3v) is 4.88. The minimum atomic E-state index is -0.233. The van der Waals surface area contributed by atoms with Crippen molar-refractivity contribution in [2.75, 3.05) is 4.90 Å². The second-order valence-corrected chi connectivity index (χ2v) is 6.80. The zero-order valence-electron chi connectivity index (χ0n) is 15.0. The van der Waals surface area contributed by atoms with E-state index < -0.39 is 0 Å². The van der Waals surface area contributed by atoms with Crippen molar-refractivity contribution < 1.29 is 8.91 Å². The molecule has 0 N–H and O–H groups in total. The Hall–Kier alpha value is -3.29. The third kappa shape index (κ3) is 2.64. The zero-order valence-corrected chi connectivity index (χ0v) is 15.0. The highest BCUT2D eigenvalue weighted by molar-refractivity contribution is 5.88. The lowest BCUT2D eigenvalue weighted by molar-refractivity contribution is 0.442. The van der Waals surface area contributed by atoms with Crippen molar-refractivity contribution in [2.24, 2.45) is 0 Å². The molecule has 5 rings (SSSR count). The zero-order chi connectivity index (χ0) is 18.5. The summed E-state index contributed by atoms with van der Waals surface area (Å²) in [6.07, 6.45) is 1.89. The van der Waals surface area contributed by atoms with Crippen LogP contribution in [0.15, 0.2) is 35.0 Å². The van der Waals surface area contributed by atoms with Gasteiger partial charge in [0.15, 0.2) is 0 Å². The summed E-state index contributed by atoms with van der Waals surface area (Å²) in [5.74, 6) is 1.25. The summed E-state index contributed by atoms with van der Waals surface area (Å²) in [5.41, 5.74) is 4.60. The molecule has 136 valence electrons. The largest absolute Gasteiger partial charge is 0.345 e. The van der Waals surface area contributed by atoms with Crippen molar-refractivity contribution in [1.82, 2.24) is 24.9 Å². The molecule has 4 heterocycles. The molecule has 0 radical (unpaired) electrons. The van der Waals surface area contributed by atoms with Crippen LogP contribution in [-0.4, -0.2) is 24.9 Å². The molecule has 1 aliphatic rings. The van der Waals surface area contributed by atoms with E-state index in [1.165, 1.54) is 12.1 Å². The van der Waals surface area contributed by atoms with Gasteiger partial charge in [0.1, 0.15) is 22.8 Å². The lowest BCUT2D eigenvalue weighted by Gasteiger charge is -2.18. The van der Waals surface area contributed by atoms with E-state index in [2.05, 4.69) is 25.1 Å². The molecular formula is C19H17FN6O. The summed E-state index contributed by atoms with van der Waals surface area (Å²) in [6, 6.07) is 6.52. The minimum absolute atomic E-state index is 0.233. The van der Waals surface area contributed by atoms with Crippen molar-refractivity contribution in [3.63, 3.8) is 0 Å². The van der Waals surface area contributed by atoms with Gasteiger partial charge in [-0.2, -0.15) is 10.1 Å². The molecule has 1 aromatic carbocycles. The number of hydrogen-bond donors (Lipinski definition) is 0. The number of hydrogen-bond acceptors (Lipinski definition) is 6. The fourth-order valence-electron chi connectivity index (χ4n) is 3.56. The van der Waals surface area contributed by atoms with Gasteiger partial charge in [0.2, 0.25) is 0 Å². The van der Waals surface area contributed by atoms with Crippen molar-refractivity contribution in [3.05, 3.63) is 64.6 Å². The Morgan fingerprint density at radius 3 is 2.74 bits per heavy atom. The quantitative estimate of drug-likeness (QED) is 0.556. The van der Waals surface area contributed by atoms with Gasteiger partial charge >= 0.3 is 0 Å². The number of rotatable bonds is 3. The molecular weight excluding hydrogens is 347 g/mol. The molecule has 0 fully saturated rings. The summed E-state index contributed by atoms with van der Waals surface area (Å²) in [7, 11) is 0. The molecule has 0 bridgehead atoms. The van der Waals surface area contributed by atoms with E-state index in [0.29, 0.717) is 24.6 Å². The summed E-state index contributed by atoms with van der Waals surface area (Å²) in [6.45, 7) is 5.75. The van der Waals surface area contributed by atoms with Crippen molar-refractivity contribution in [3.8, 4) is 0 Å². The van der Waals surface area contributed by atoms with Gasteiger partial charge in [-0.05, 0) is 31.5 Å². The van der Waals surface area contributed by atoms with E-state index in [1.54, 1.807) is 12.1 Å². The van der Waals surface area contributed by atoms with E-state index in [0.717, 1.165) is 40.3 Å². The Bertz CT molecular complexity index is 1150. The van der Waals surface area contributed by atoms with Gasteiger partial charge < -0.3 is 9.42 Å². The Labute approximate surface area is 154 Å². The maximum Gasteiger partial charge on any atom is 0.263 e. The molecule has 0 unspecified atom stereocenters. The third-order valence-electron chi connectivity index (χ3n) is 4.88. The molecule has 0 saturated carbocycles. The Balaban J connectivity index is 1.47. The maximum absolute atomic E-state index is 13.1. The van der Waals surface area contributed by atoms with Crippen LogP contribution in [-0.2, 0) is 19.6 Å². The van der Waals surface area contributed by atoms with Crippen LogP contribution in [0.5, 0.6) is 0 Å². The van der Waals surface area contributed by atoms with Gasteiger partial charge in [-0.3, -0.25) is 4.68 Å². The predicted molar refractivity (Wildman–Crippen MR) is 96.7 cm³/mol. The summed E-state index contributed by atoms with van der Waals surface area (Å²) in [5, 5.41) is 9.39. The van der Waals surface area contributed by atoms with E-state index in [-0.39, 0.29) is 5.82 Å². The van der Waals surface area contributed by atoms with Gasteiger partial charge in [0.25, 0.3) is 5.71 Å². The molecule has 0 spiro atoms. The van der Waals surface area contributed by atoms with Crippen LogP contribution in [0.4, 0.5) is 10.2 Å². The Morgan fingerprint density at radius 1 is 1.11 bits per heavy atom. The molecule has 3 aromatic heterocycles. The first-order valence-electron chi connectivity index (χ1n) is 8.72. The first-order valence-corrected chi connectivity index (χ1v) is 8.72. The second kappa shape index (κ2) is 5.87. The number of fused-ring (bicyclic) bond motifs is 2. The molecule has 0 saturated heterocycles. The van der Waals surface area contributed by atoms with Crippen molar-refractivity contribution >= 4 is 16.9 Å². The predicted octanol–water partition coefficient (Wildman–Crippen LogP) is 3.14. The first kappa shape index (κ1) is 15.9. The molecule has 7 nitrogen and oxygen atoms in total. The molecule has 27 heavy (non-hydrogen) atoms. The lowest BCUT2D eigenvalue weighted by atomic mass is 10.2. The number of benzene rings is 1. The molecule has 0 atom stereocenters. The smallest absolute Gasteiger partial charge is 0.263 e. The summed E-state index contributed by atoms with van der Waals surface area (Å²) >= 11 is 0. The standard InChI is InChI=1S/C19H17FN6O/c1-11-17-18(22-12(2)23-19(17)27-24-11)25-9-14-7-21-26(16(14)10-25)8-13-3-5-15(20)6-4-13/h3-7H,8-10H2,1-2H3. The van der Waals surface area contributed by atoms with E-state index in [1.807, 2.05) is 24.7 Å². The van der Waals surface area contributed by atoms with Gasteiger partial charge in [-0.25, -0.2) is 9.37 Å². The maximum atomic E-state index is 13.1. The fourth-order valence-corrected chi connectivity index (χ4v) is 3.56. The van der Waals surface area contributed by atoms with Crippen LogP contribution in [0.2, 0.25) is 0 Å². The average Bonchev–Trinajstić information content (AvgIpc) is 3.32. The SMILES string of the molecule is Cc1nc(N2Cc3cnn(Cc4ccc(F)cc4)c3C2)c2c(C)noc2n1. The van der Waals surface area contributed by atoms with Crippen molar-refractivity contribution in [2.45, 2.75) is 33.5 Å². The van der Waals surface area contributed by atoms with E-state index in [9.17, 15) is 4.39 Å². The topological polar surface area (TPSA) is 72.9 Å². The molecule has 0 amide bonds. The average molecular weight is 364 g/mol. The number of nitrogens with zero attached hydrogens (tertiary/aromatic N) is 6. The minimum Gasteiger partial charge on any atom is -0.345 e. The number of halogens is 1. The highest BCUT2D eigenvalue weighted by Gasteiger charge is 2.28. The molecule has 4 aromatic rings.